The molecule has 1 fully saturated rings. The molecule has 4 rings (SSSR count). The lowest BCUT2D eigenvalue weighted by molar-refractivity contribution is 0.0520. The van der Waals surface area contributed by atoms with E-state index in [4.69, 9.17) is 14.5 Å². The molecule has 1 aromatic heterocycles. The Morgan fingerprint density at radius 2 is 2.19 bits per heavy atom. The molecule has 26 heavy (non-hydrogen) atoms. The summed E-state index contributed by atoms with van der Waals surface area (Å²) in [5, 5.41) is 3.45. The van der Waals surface area contributed by atoms with Crippen LogP contribution in [0.2, 0.25) is 0 Å². The number of hydrogen-bond donors (Lipinski definition) is 1. The molecule has 0 saturated heterocycles. The highest BCUT2D eigenvalue weighted by Gasteiger charge is 2.35. The number of aromatic nitrogens is 1. The van der Waals surface area contributed by atoms with E-state index >= 15 is 0 Å². The summed E-state index contributed by atoms with van der Waals surface area (Å²) in [4.78, 5) is 18.4. The standard InChI is InChI=1S/C20H20FNO3S/c1-3-25-20(23)17-18(12-6-7-12)22-15-9-8-13(21)11-14(15)19(17)26-10-4-5-16(26)24-2/h4-5,8-12,26H,3,6-7H2,1-2H3. The molecule has 2 aromatic rings. The summed E-state index contributed by atoms with van der Waals surface area (Å²) in [6.45, 7) is 2.06. The number of carbonyl (C=O) groups is 1. The molecule has 136 valence electrons. The number of thiol groups is 1. The van der Waals surface area contributed by atoms with Crippen LogP contribution < -0.4 is 0 Å². The second kappa shape index (κ2) is 6.76. The van der Waals surface area contributed by atoms with Gasteiger partial charge in [-0.3, -0.25) is 4.98 Å². The van der Waals surface area contributed by atoms with Gasteiger partial charge < -0.3 is 9.47 Å². The second-order valence-corrected chi connectivity index (χ2v) is 8.22. The van der Waals surface area contributed by atoms with E-state index in [9.17, 15) is 9.18 Å². The van der Waals surface area contributed by atoms with Gasteiger partial charge in [0.1, 0.15) is 10.9 Å². The molecule has 0 spiro atoms. The molecule has 2 heterocycles. The molecule has 0 N–H and O–H groups in total. The van der Waals surface area contributed by atoms with Gasteiger partial charge in [0, 0.05) is 16.2 Å². The van der Waals surface area contributed by atoms with Crippen molar-refractivity contribution < 1.29 is 18.7 Å². The van der Waals surface area contributed by atoms with Gasteiger partial charge in [-0.2, -0.15) is 0 Å². The maximum Gasteiger partial charge on any atom is 0.341 e. The lowest BCUT2D eigenvalue weighted by atomic mass is 10.1. The van der Waals surface area contributed by atoms with Gasteiger partial charge in [-0.1, -0.05) is 6.08 Å². The number of carbonyl (C=O) groups excluding carboxylic acids is 1. The lowest BCUT2D eigenvalue weighted by Gasteiger charge is -2.23. The summed E-state index contributed by atoms with van der Waals surface area (Å²) in [6, 6.07) is 4.55. The molecule has 1 atom stereocenters. The smallest absolute Gasteiger partial charge is 0.341 e. The van der Waals surface area contributed by atoms with Gasteiger partial charge in [0.2, 0.25) is 0 Å². The van der Waals surface area contributed by atoms with Gasteiger partial charge in [-0.25, -0.2) is 9.18 Å². The van der Waals surface area contributed by atoms with Gasteiger partial charge in [-0.15, -0.1) is 10.9 Å². The van der Waals surface area contributed by atoms with Crippen LogP contribution in [0.25, 0.3) is 10.9 Å². The zero-order chi connectivity index (χ0) is 18.3. The Hall–Kier alpha value is -2.34. The molecule has 0 bridgehead atoms. The Balaban J connectivity index is 2.05. The fraction of sp³-hybridized carbons (Fsp3) is 0.300. The van der Waals surface area contributed by atoms with Crippen molar-refractivity contribution in [2.45, 2.75) is 30.6 Å². The van der Waals surface area contributed by atoms with Crippen molar-refractivity contribution in [2.75, 3.05) is 13.7 Å². The minimum absolute atomic E-state index is 0.263. The Kier molecular flexibility index (Phi) is 4.44. The predicted octanol–water partition coefficient (Wildman–Crippen LogP) is 4.80. The number of allylic oxidation sites excluding steroid dienone is 2. The normalized spacial score (nSPS) is 20.3. The summed E-state index contributed by atoms with van der Waals surface area (Å²) < 4.78 is 24.9. The minimum atomic E-state index is -1.04. The first-order valence-electron chi connectivity index (χ1n) is 8.66. The number of benzene rings is 1. The summed E-state index contributed by atoms with van der Waals surface area (Å²) in [5.41, 5.74) is 1.97. The van der Waals surface area contributed by atoms with Crippen LogP contribution in [0.3, 0.4) is 0 Å². The largest absolute Gasteiger partial charge is 0.492 e. The van der Waals surface area contributed by atoms with Crippen molar-refractivity contribution >= 4 is 27.8 Å². The van der Waals surface area contributed by atoms with Crippen molar-refractivity contribution in [2.24, 2.45) is 0 Å². The number of halogens is 1. The molecule has 1 aromatic carbocycles. The van der Waals surface area contributed by atoms with E-state index in [0.717, 1.165) is 28.5 Å². The first-order valence-corrected chi connectivity index (χ1v) is 10.1. The molecule has 1 saturated carbocycles. The van der Waals surface area contributed by atoms with Crippen molar-refractivity contribution in [1.29, 1.82) is 0 Å². The van der Waals surface area contributed by atoms with Crippen molar-refractivity contribution in [3.05, 3.63) is 57.9 Å². The van der Waals surface area contributed by atoms with Gasteiger partial charge in [-0.05, 0) is 49.4 Å². The third-order valence-corrected chi connectivity index (χ3v) is 6.78. The van der Waals surface area contributed by atoms with Crippen LogP contribution in [0.15, 0.2) is 45.7 Å². The number of fused-ring (bicyclic) bond motifs is 1. The number of methoxy groups -OCH3 is 1. The number of pyridine rings is 1. The second-order valence-electron chi connectivity index (χ2n) is 6.30. The van der Waals surface area contributed by atoms with E-state index in [2.05, 4.69) is 0 Å². The summed E-state index contributed by atoms with van der Waals surface area (Å²) in [6.07, 6.45) is 5.82. The number of rotatable bonds is 5. The van der Waals surface area contributed by atoms with Crippen molar-refractivity contribution in [3.63, 3.8) is 0 Å². The first-order chi connectivity index (χ1) is 12.6. The zero-order valence-electron chi connectivity index (χ0n) is 14.7. The summed E-state index contributed by atoms with van der Waals surface area (Å²) >= 11 is 0. The van der Waals surface area contributed by atoms with Crippen LogP contribution in [0.5, 0.6) is 0 Å². The number of nitrogens with zero attached hydrogens (tertiary/aromatic N) is 1. The van der Waals surface area contributed by atoms with Crippen LogP contribution in [0.1, 0.15) is 41.7 Å². The number of esters is 1. The SMILES string of the molecule is CCOC(=O)c1c(C2CC2)nc2ccc(F)cc2c1[SH]1C=CC=C1OC. The summed E-state index contributed by atoms with van der Waals surface area (Å²) in [5.74, 6) is -0.476. The van der Waals surface area contributed by atoms with Crippen LogP contribution in [-0.2, 0) is 9.47 Å². The average molecular weight is 373 g/mol. The molecule has 1 unspecified atom stereocenters. The molecule has 0 amide bonds. The van der Waals surface area contributed by atoms with Crippen LogP contribution >= 0.6 is 10.9 Å². The zero-order valence-corrected chi connectivity index (χ0v) is 15.6. The van der Waals surface area contributed by atoms with E-state index < -0.39 is 10.9 Å². The van der Waals surface area contributed by atoms with Crippen molar-refractivity contribution in [1.82, 2.24) is 4.98 Å². The first kappa shape index (κ1) is 17.1. The highest BCUT2D eigenvalue weighted by molar-refractivity contribution is 8.23. The highest BCUT2D eigenvalue weighted by atomic mass is 32.2. The highest BCUT2D eigenvalue weighted by Crippen LogP contribution is 2.55. The van der Waals surface area contributed by atoms with Crippen LogP contribution in [-0.4, -0.2) is 24.7 Å². The van der Waals surface area contributed by atoms with E-state index in [1.165, 1.54) is 12.1 Å². The fourth-order valence-corrected chi connectivity index (χ4v) is 5.36. The van der Waals surface area contributed by atoms with Gasteiger partial charge >= 0.3 is 5.97 Å². The lowest BCUT2D eigenvalue weighted by Crippen LogP contribution is -2.13. The molecule has 1 aliphatic heterocycles. The van der Waals surface area contributed by atoms with E-state index in [1.807, 2.05) is 17.6 Å². The quantitative estimate of drug-likeness (QED) is 0.604. The molecule has 4 nitrogen and oxygen atoms in total. The predicted molar refractivity (Wildman–Crippen MR) is 101 cm³/mol. The Bertz CT molecular complexity index is 950. The fourth-order valence-electron chi connectivity index (χ4n) is 3.26. The maximum atomic E-state index is 14.0. The van der Waals surface area contributed by atoms with Crippen LogP contribution in [0.4, 0.5) is 4.39 Å². The third-order valence-electron chi connectivity index (χ3n) is 4.55. The van der Waals surface area contributed by atoms with E-state index in [0.29, 0.717) is 16.5 Å². The van der Waals surface area contributed by atoms with E-state index in [-0.39, 0.29) is 24.3 Å². The van der Waals surface area contributed by atoms with Crippen molar-refractivity contribution in [3.8, 4) is 0 Å². The summed E-state index contributed by atoms with van der Waals surface area (Å²) in [7, 11) is 0.573. The van der Waals surface area contributed by atoms with Crippen LogP contribution in [0, 0.1) is 5.82 Å². The van der Waals surface area contributed by atoms with E-state index in [1.54, 1.807) is 20.1 Å². The van der Waals surface area contributed by atoms with Gasteiger partial charge in [0.25, 0.3) is 0 Å². The Morgan fingerprint density at radius 1 is 1.38 bits per heavy atom. The molecular formula is C20H20FNO3S. The Morgan fingerprint density at radius 3 is 2.88 bits per heavy atom. The van der Waals surface area contributed by atoms with Gasteiger partial charge in [0.05, 0.1) is 30.5 Å². The molecule has 2 aliphatic rings. The molecular weight excluding hydrogens is 353 g/mol. The topological polar surface area (TPSA) is 48.4 Å². The number of ether oxygens (including phenoxy) is 2. The third kappa shape index (κ3) is 2.88. The maximum absolute atomic E-state index is 14.0. The molecule has 0 radical (unpaired) electrons. The average Bonchev–Trinajstić information content (AvgIpc) is 3.37. The monoisotopic (exact) mass is 373 g/mol. The minimum Gasteiger partial charge on any atom is -0.492 e. The molecule has 6 heteroatoms. The number of hydrogen-bond acceptors (Lipinski definition) is 4. The molecule has 1 aliphatic carbocycles. The Labute approximate surface area is 154 Å². The van der Waals surface area contributed by atoms with Gasteiger partial charge in [0.15, 0.2) is 0 Å².